The minimum atomic E-state index is -5.08. The molecule has 1 amide bonds. The van der Waals surface area contributed by atoms with Gasteiger partial charge >= 0.3 is 12.1 Å². The van der Waals surface area contributed by atoms with Crippen LogP contribution >= 0.6 is 0 Å². The average molecular weight is 481 g/mol. The minimum Gasteiger partial charge on any atom is -0.475 e. The molecule has 3 heterocycles. The number of halogens is 3. The van der Waals surface area contributed by atoms with Gasteiger partial charge in [0, 0.05) is 46.1 Å². The highest BCUT2D eigenvalue weighted by atomic mass is 32.2. The molecule has 1 N–H and O–H groups in total. The maximum absolute atomic E-state index is 12.8. The van der Waals surface area contributed by atoms with Crippen LogP contribution in [0.25, 0.3) is 0 Å². The van der Waals surface area contributed by atoms with Gasteiger partial charge in [-0.15, -0.1) is 0 Å². The van der Waals surface area contributed by atoms with Crippen LogP contribution in [0.2, 0.25) is 0 Å². The first-order valence-electron chi connectivity index (χ1n) is 9.76. The predicted octanol–water partition coefficient (Wildman–Crippen LogP) is 0.737. The lowest BCUT2D eigenvalue weighted by atomic mass is 10.0. The Morgan fingerprint density at radius 3 is 2.22 bits per heavy atom. The molecule has 14 heteroatoms. The van der Waals surface area contributed by atoms with Crippen LogP contribution in [-0.4, -0.2) is 96.3 Å². The molecule has 0 aliphatic carbocycles. The summed E-state index contributed by atoms with van der Waals surface area (Å²) in [6.45, 7) is 3.64. The summed E-state index contributed by atoms with van der Waals surface area (Å²) in [4.78, 5) is 33.0. The van der Waals surface area contributed by atoms with Crippen LogP contribution in [0.1, 0.15) is 18.4 Å². The van der Waals surface area contributed by atoms with E-state index in [-0.39, 0.29) is 18.4 Å². The van der Waals surface area contributed by atoms with Crippen molar-refractivity contribution in [3.63, 3.8) is 0 Å². The number of aryl methyl sites for hydroxylation is 1. The number of sulfonamides is 1. The molecule has 2 aliphatic rings. The van der Waals surface area contributed by atoms with Crippen LogP contribution < -0.4 is 4.90 Å². The number of aliphatic carboxylic acids is 1. The van der Waals surface area contributed by atoms with Crippen molar-refractivity contribution in [2.45, 2.75) is 31.2 Å². The van der Waals surface area contributed by atoms with Gasteiger partial charge in [-0.1, -0.05) is 0 Å². The Bertz CT molecular complexity index is 924. The summed E-state index contributed by atoms with van der Waals surface area (Å²) in [6, 6.07) is 0. The summed E-state index contributed by atoms with van der Waals surface area (Å²) in [7, 11) is -0.151. The lowest BCUT2D eigenvalue weighted by Crippen LogP contribution is -2.39. The second-order valence-corrected chi connectivity index (χ2v) is 10.0. The zero-order valence-electron chi connectivity index (χ0n) is 17.9. The molecule has 32 heavy (non-hydrogen) atoms. The van der Waals surface area contributed by atoms with Gasteiger partial charge in [-0.25, -0.2) is 23.2 Å². The van der Waals surface area contributed by atoms with Crippen molar-refractivity contribution in [1.29, 1.82) is 0 Å². The largest absolute Gasteiger partial charge is 0.490 e. The van der Waals surface area contributed by atoms with Gasteiger partial charge < -0.3 is 14.9 Å². The third-order valence-electron chi connectivity index (χ3n) is 5.26. The molecule has 0 spiro atoms. The second-order valence-electron chi connectivity index (χ2n) is 7.85. The fraction of sp³-hybridized carbons (Fsp3) is 0.667. The molecule has 0 radical (unpaired) electrons. The molecular weight excluding hydrogens is 455 g/mol. The number of likely N-dealkylation sites (N-methyl/N-ethyl adjacent to an activating group) is 1. The summed E-state index contributed by atoms with van der Waals surface area (Å²) in [5.41, 5.74) is 0.999. The van der Waals surface area contributed by atoms with Crippen molar-refractivity contribution in [3.8, 4) is 0 Å². The van der Waals surface area contributed by atoms with Gasteiger partial charge in [0.05, 0.1) is 11.8 Å². The van der Waals surface area contributed by atoms with E-state index in [1.165, 1.54) is 9.21 Å². The van der Waals surface area contributed by atoms with E-state index in [2.05, 4.69) is 14.9 Å². The maximum atomic E-state index is 12.8. The van der Waals surface area contributed by atoms with E-state index in [4.69, 9.17) is 9.90 Å². The van der Waals surface area contributed by atoms with E-state index in [1.807, 2.05) is 6.92 Å². The number of carbonyl (C=O) groups excluding carboxylic acids is 1. The van der Waals surface area contributed by atoms with E-state index in [0.717, 1.165) is 18.5 Å². The highest BCUT2D eigenvalue weighted by Crippen LogP contribution is 2.34. The van der Waals surface area contributed by atoms with Gasteiger partial charge in [-0.05, 0) is 31.2 Å². The third-order valence-corrected chi connectivity index (χ3v) is 7.65. The number of amides is 1. The van der Waals surface area contributed by atoms with E-state index in [0.29, 0.717) is 25.5 Å². The minimum absolute atomic E-state index is 0.0513. The van der Waals surface area contributed by atoms with E-state index in [1.54, 1.807) is 26.5 Å². The standard InChI is InChI=1S/C16H25N5O3S.C2HF3O2/c1-12-8-17-16(18-9-12)20-6-4-13-10-21(11-15(22)19(2)3)25(23,24)14(13)5-7-20;3-2(4,5)1(6)7/h8-9,13-14H,4-7,10-11H2,1-3H3;(H,6,7)/t13-,14-;/m1./s1. The molecule has 2 aliphatic heterocycles. The predicted molar refractivity (Wildman–Crippen MR) is 108 cm³/mol. The Balaban J connectivity index is 0.000000451. The molecule has 0 aromatic carbocycles. The monoisotopic (exact) mass is 481 g/mol. The number of hydrogen-bond acceptors (Lipinski definition) is 7. The number of rotatable bonds is 3. The quantitative estimate of drug-likeness (QED) is 0.670. The summed E-state index contributed by atoms with van der Waals surface area (Å²) >= 11 is 0. The van der Waals surface area contributed by atoms with E-state index >= 15 is 0 Å². The number of alkyl halides is 3. The van der Waals surface area contributed by atoms with Gasteiger partial charge in [0.2, 0.25) is 21.9 Å². The lowest BCUT2D eigenvalue weighted by molar-refractivity contribution is -0.192. The summed E-state index contributed by atoms with van der Waals surface area (Å²) in [5.74, 6) is -2.24. The summed E-state index contributed by atoms with van der Waals surface area (Å²) in [6.07, 6.45) is -0.233. The molecule has 2 atom stereocenters. The van der Waals surface area contributed by atoms with Gasteiger partial charge in [0.1, 0.15) is 0 Å². The SMILES string of the molecule is Cc1cnc(N2CC[C@@H]3CN(CC(=O)N(C)C)S(=O)(=O)[C@@H]3CC2)nc1.O=C(O)C(F)(F)F. The first kappa shape index (κ1) is 25.8. The number of aromatic nitrogens is 2. The lowest BCUT2D eigenvalue weighted by Gasteiger charge is -2.22. The van der Waals surface area contributed by atoms with Gasteiger partial charge in [0.15, 0.2) is 0 Å². The summed E-state index contributed by atoms with van der Waals surface area (Å²) < 4.78 is 58.8. The molecule has 3 rings (SSSR count). The molecule has 0 unspecified atom stereocenters. The molecule has 10 nitrogen and oxygen atoms in total. The Kier molecular flexibility index (Phi) is 8.04. The zero-order chi connectivity index (χ0) is 24.3. The zero-order valence-corrected chi connectivity index (χ0v) is 18.7. The first-order chi connectivity index (χ1) is 14.7. The number of carboxylic acids is 1. The third kappa shape index (κ3) is 6.28. The number of carboxylic acid groups (broad SMARTS) is 1. The van der Waals surface area contributed by atoms with Crippen LogP contribution in [0.15, 0.2) is 12.4 Å². The van der Waals surface area contributed by atoms with Crippen LogP contribution in [0, 0.1) is 12.8 Å². The van der Waals surface area contributed by atoms with Crippen LogP contribution in [0.3, 0.4) is 0 Å². The van der Waals surface area contributed by atoms with Crippen molar-refractivity contribution in [2.75, 3.05) is 45.2 Å². The molecule has 1 aromatic rings. The second kappa shape index (κ2) is 9.98. The van der Waals surface area contributed by atoms with Crippen molar-refractivity contribution in [2.24, 2.45) is 5.92 Å². The number of carbonyl (C=O) groups is 2. The van der Waals surface area contributed by atoms with Gasteiger partial charge in [0.25, 0.3) is 0 Å². The Morgan fingerprint density at radius 2 is 1.72 bits per heavy atom. The average Bonchev–Trinajstić information content (AvgIpc) is 2.83. The smallest absolute Gasteiger partial charge is 0.475 e. The fourth-order valence-electron chi connectivity index (χ4n) is 3.49. The molecule has 0 saturated carbocycles. The Labute approximate surface area is 184 Å². The Hall–Kier alpha value is -2.48. The van der Waals surface area contributed by atoms with Crippen LogP contribution in [-0.2, 0) is 19.6 Å². The van der Waals surface area contributed by atoms with Crippen molar-refractivity contribution < 1.29 is 36.3 Å². The number of anilines is 1. The highest BCUT2D eigenvalue weighted by Gasteiger charge is 2.47. The van der Waals surface area contributed by atoms with Crippen LogP contribution in [0.4, 0.5) is 19.1 Å². The molecule has 2 saturated heterocycles. The van der Waals surface area contributed by atoms with Gasteiger partial charge in [-0.2, -0.15) is 17.5 Å². The van der Waals surface area contributed by atoms with Crippen molar-refractivity contribution in [3.05, 3.63) is 18.0 Å². The van der Waals surface area contributed by atoms with E-state index < -0.39 is 27.4 Å². The van der Waals surface area contributed by atoms with Gasteiger partial charge in [-0.3, -0.25) is 4.79 Å². The normalized spacial score (nSPS) is 22.9. The number of hydrogen-bond donors (Lipinski definition) is 1. The number of fused-ring (bicyclic) bond motifs is 1. The molecule has 180 valence electrons. The maximum Gasteiger partial charge on any atom is 0.490 e. The topological polar surface area (TPSA) is 124 Å². The summed E-state index contributed by atoms with van der Waals surface area (Å²) in [5, 5.41) is 6.71. The van der Waals surface area contributed by atoms with Crippen molar-refractivity contribution >= 4 is 27.8 Å². The van der Waals surface area contributed by atoms with E-state index in [9.17, 15) is 26.4 Å². The Morgan fingerprint density at radius 1 is 1.19 bits per heavy atom. The molecule has 1 aromatic heterocycles. The first-order valence-corrected chi connectivity index (χ1v) is 11.3. The van der Waals surface area contributed by atoms with Crippen LogP contribution in [0.5, 0.6) is 0 Å². The number of nitrogens with zero attached hydrogens (tertiary/aromatic N) is 5. The highest BCUT2D eigenvalue weighted by molar-refractivity contribution is 7.90. The molecular formula is C18H26F3N5O5S. The van der Waals surface area contributed by atoms with Crippen molar-refractivity contribution in [1.82, 2.24) is 19.2 Å². The fourth-order valence-corrected chi connectivity index (χ4v) is 5.68. The molecule has 0 bridgehead atoms. The molecule has 2 fully saturated rings.